The van der Waals surface area contributed by atoms with Gasteiger partial charge in [-0.3, -0.25) is 0 Å². The summed E-state index contributed by atoms with van der Waals surface area (Å²) in [5.74, 6) is 1.62. The zero-order valence-electron chi connectivity index (χ0n) is 21.8. The monoisotopic (exact) mass is 534 g/mol. The Morgan fingerprint density at radius 2 is 1.70 bits per heavy atom. The van der Waals surface area contributed by atoms with E-state index in [2.05, 4.69) is 40.5 Å². The van der Waals surface area contributed by atoms with Crippen molar-refractivity contribution >= 4 is 16.9 Å². The third-order valence-electron chi connectivity index (χ3n) is 7.27. The Balaban J connectivity index is 1.11. The molecule has 0 radical (unpaired) electrons. The molecule has 1 aliphatic rings. The van der Waals surface area contributed by atoms with Crippen LogP contribution in [0.2, 0.25) is 0 Å². The Bertz CT molecular complexity index is 1590. The summed E-state index contributed by atoms with van der Waals surface area (Å²) in [4.78, 5) is 17.3. The van der Waals surface area contributed by atoms with Gasteiger partial charge in [-0.1, -0.05) is 84.0 Å². The van der Waals surface area contributed by atoms with Crippen molar-refractivity contribution in [1.82, 2.24) is 15.0 Å². The lowest BCUT2D eigenvalue weighted by Crippen LogP contribution is -2.51. The molecule has 1 fully saturated rings. The highest BCUT2D eigenvalue weighted by Gasteiger charge is 2.31. The van der Waals surface area contributed by atoms with Crippen LogP contribution < -0.4 is 9.84 Å². The number of carboxylic acid groups (broad SMARTS) is 1. The van der Waals surface area contributed by atoms with E-state index < -0.39 is 6.09 Å². The first-order valence-corrected chi connectivity index (χ1v) is 13.3. The summed E-state index contributed by atoms with van der Waals surface area (Å²) in [5.41, 5.74) is 2.99. The highest BCUT2D eigenvalue weighted by Crippen LogP contribution is 2.32. The number of carbonyl (C=O) groups is 1. The second-order valence-corrected chi connectivity index (χ2v) is 9.87. The van der Waals surface area contributed by atoms with Crippen molar-refractivity contribution in [3.05, 3.63) is 114 Å². The van der Waals surface area contributed by atoms with E-state index in [-0.39, 0.29) is 25.2 Å². The van der Waals surface area contributed by atoms with E-state index in [9.17, 15) is 9.90 Å². The fraction of sp³-hybridized carbons (Fsp3) is 0.219. The van der Waals surface area contributed by atoms with Gasteiger partial charge in [0.25, 0.3) is 5.89 Å². The second kappa shape index (κ2) is 11.6. The van der Waals surface area contributed by atoms with Gasteiger partial charge >= 0.3 is 0 Å². The predicted molar refractivity (Wildman–Crippen MR) is 147 cm³/mol. The summed E-state index contributed by atoms with van der Waals surface area (Å²) in [6, 6.07) is 31.8. The first-order valence-electron chi connectivity index (χ1n) is 13.3. The number of amides is 1. The van der Waals surface area contributed by atoms with Gasteiger partial charge in [0.1, 0.15) is 11.8 Å². The Morgan fingerprint density at radius 1 is 0.925 bits per heavy atom. The van der Waals surface area contributed by atoms with Gasteiger partial charge in [-0.2, -0.15) is 4.98 Å². The molecular formula is C32H28N3O5-. The maximum absolute atomic E-state index is 11.6. The van der Waals surface area contributed by atoms with Crippen LogP contribution in [-0.2, 0) is 18.0 Å². The number of piperidine rings is 1. The fourth-order valence-electron chi connectivity index (χ4n) is 5.14. The summed E-state index contributed by atoms with van der Waals surface area (Å²) in [7, 11) is 0. The van der Waals surface area contributed by atoms with E-state index in [1.807, 2.05) is 66.7 Å². The van der Waals surface area contributed by atoms with Crippen LogP contribution in [-0.4, -0.2) is 40.3 Å². The van der Waals surface area contributed by atoms with E-state index in [1.54, 1.807) is 0 Å². The molecule has 0 aliphatic carbocycles. The van der Waals surface area contributed by atoms with Crippen LogP contribution in [0.15, 0.2) is 102 Å². The van der Waals surface area contributed by atoms with Gasteiger partial charge in [0.2, 0.25) is 5.82 Å². The number of hydrogen-bond donors (Lipinski definition) is 0. The summed E-state index contributed by atoms with van der Waals surface area (Å²) in [6.45, 7) is 1.21. The second-order valence-electron chi connectivity index (χ2n) is 9.87. The highest BCUT2D eigenvalue weighted by atomic mass is 16.5. The maximum Gasteiger partial charge on any atom is 0.264 e. The first kappa shape index (κ1) is 25.6. The van der Waals surface area contributed by atoms with Crippen molar-refractivity contribution in [2.45, 2.75) is 31.7 Å². The first-order chi connectivity index (χ1) is 19.6. The van der Waals surface area contributed by atoms with Gasteiger partial charge in [0.15, 0.2) is 6.61 Å². The van der Waals surface area contributed by atoms with Gasteiger partial charge in [0.05, 0.1) is 12.7 Å². The molecule has 2 heterocycles. The molecule has 5 aromatic rings. The molecule has 202 valence electrons. The molecule has 6 rings (SSSR count). The van der Waals surface area contributed by atoms with Crippen LogP contribution >= 0.6 is 0 Å². The number of likely N-dealkylation sites (tertiary alicyclic amines) is 1. The van der Waals surface area contributed by atoms with E-state index >= 15 is 0 Å². The highest BCUT2D eigenvalue weighted by molar-refractivity contribution is 5.82. The smallest absolute Gasteiger partial charge is 0.264 e. The molecule has 0 saturated carbocycles. The summed E-state index contributed by atoms with van der Waals surface area (Å²) < 4.78 is 17.6. The van der Waals surface area contributed by atoms with Crippen molar-refractivity contribution in [1.29, 1.82) is 0 Å². The Kier molecular flexibility index (Phi) is 7.41. The van der Waals surface area contributed by atoms with Gasteiger partial charge in [0, 0.05) is 24.6 Å². The van der Waals surface area contributed by atoms with Crippen LogP contribution in [0.5, 0.6) is 5.75 Å². The lowest BCUT2D eigenvalue weighted by molar-refractivity contribution is -0.268. The number of nitrogens with zero attached hydrogens (tertiary/aromatic N) is 3. The molecule has 1 aliphatic heterocycles. The van der Waals surface area contributed by atoms with Crippen molar-refractivity contribution in [3.63, 3.8) is 0 Å². The van der Waals surface area contributed by atoms with Crippen molar-refractivity contribution in [2.75, 3.05) is 13.1 Å². The molecule has 2 unspecified atom stereocenters. The van der Waals surface area contributed by atoms with Gasteiger partial charge in [-0.25, -0.2) is 0 Å². The number of hydrogen-bond acceptors (Lipinski definition) is 7. The minimum atomic E-state index is -1.17. The minimum absolute atomic E-state index is 0.0366. The normalized spacial score (nSPS) is 17.1. The number of ether oxygens (including phenoxy) is 2. The van der Waals surface area contributed by atoms with Crippen LogP contribution in [0, 0.1) is 0 Å². The number of aromatic nitrogens is 2. The Labute approximate surface area is 231 Å². The van der Waals surface area contributed by atoms with Gasteiger partial charge in [-0.05, 0) is 46.5 Å². The maximum atomic E-state index is 11.6. The molecule has 1 saturated heterocycles. The topological polar surface area (TPSA) is 101 Å². The quantitative estimate of drug-likeness (QED) is 0.270. The average Bonchev–Trinajstić information content (AvgIpc) is 3.49. The standard InChI is InChI=1S/C32H29N3O5/c36-32(37)35-17-16-28(29(19-35)39-20-22-10-11-23-6-4-5-9-26(23)18-22)24-12-14-27(15-13-24)38-21-30-33-31(34-40-30)25-7-2-1-3-8-25/h1-15,18,28-29H,16-17,19-21H2,(H,36,37)/p-1. The summed E-state index contributed by atoms with van der Waals surface area (Å²) in [5, 5.41) is 17.9. The van der Waals surface area contributed by atoms with Crippen LogP contribution in [0.4, 0.5) is 4.79 Å². The van der Waals surface area contributed by atoms with Crippen LogP contribution in [0.3, 0.4) is 0 Å². The molecule has 40 heavy (non-hydrogen) atoms. The zero-order valence-corrected chi connectivity index (χ0v) is 21.8. The van der Waals surface area contributed by atoms with E-state index in [1.165, 1.54) is 10.3 Å². The van der Waals surface area contributed by atoms with E-state index in [0.29, 0.717) is 37.0 Å². The van der Waals surface area contributed by atoms with Crippen molar-refractivity contribution in [3.8, 4) is 17.1 Å². The molecule has 1 aromatic heterocycles. The van der Waals surface area contributed by atoms with Crippen molar-refractivity contribution in [2.24, 2.45) is 0 Å². The lowest BCUT2D eigenvalue weighted by atomic mass is 9.87. The third kappa shape index (κ3) is 5.82. The molecule has 8 nitrogen and oxygen atoms in total. The molecule has 0 N–H and O–H groups in total. The SMILES string of the molecule is O=C([O-])N1CCC(c2ccc(OCc3nc(-c4ccccc4)no3)cc2)C(OCc2ccc3ccccc3c2)C1. The molecule has 0 spiro atoms. The molecular weight excluding hydrogens is 506 g/mol. The Morgan fingerprint density at radius 3 is 2.50 bits per heavy atom. The average molecular weight is 535 g/mol. The molecule has 0 bridgehead atoms. The number of benzene rings is 4. The van der Waals surface area contributed by atoms with Crippen LogP contribution in [0.1, 0.15) is 29.4 Å². The summed E-state index contributed by atoms with van der Waals surface area (Å²) >= 11 is 0. The largest absolute Gasteiger partial charge is 0.530 e. The van der Waals surface area contributed by atoms with E-state index in [4.69, 9.17) is 14.0 Å². The van der Waals surface area contributed by atoms with Crippen LogP contribution in [0.25, 0.3) is 22.2 Å². The van der Waals surface area contributed by atoms with Crippen molar-refractivity contribution < 1.29 is 23.9 Å². The predicted octanol–water partition coefficient (Wildman–Crippen LogP) is 5.19. The number of rotatable bonds is 8. The van der Waals surface area contributed by atoms with Gasteiger partial charge in [-0.15, -0.1) is 0 Å². The Hall–Kier alpha value is -4.69. The van der Waals surface area contributed by atoms with E-state index in [0.717, 1.165) is 22.1 Å². The lowest BCUT2D eigenvalue weighted by Gasteiger charge is -2.40. The molecule has 4 aromatic carbocycles. The zero-order chi connectivity index (χ0) is 27.3. The molecule has 2 atom stereocenters. The number of carbonyl (C=O) groups excluding carboxylic acids is 1. The third-order valence-corrected chi connectivity index (χ3v) is 7.27. The molecule has 8 heteroatoms. The molecule has 1 amide bonds. The minimum Gasteiger partial charge on any atom is -0.530 e. The summed E-state index contributed by atoms with van der Waals surface area (Å²) in [6.07, 6.45) is -0.835. The van der Waals surface area contributed by atoms with Gasteiger partial charge < -0.3 is 28.8 Å². The fourth-order valence-corrected chi connectivity index (χ4v) is 5.14. The number of fused-ring (bicyclic) bond motifs is 1.